The molecule has 2 fully saturated rings. The Morgan fingerprint density at radius 3 is 2.47 bits per heavy atom. The monoisotopic (exact) mass is 231 g/mol. The number of hydrogen-bond acceptors (Lipinski definition) is 2. The fourth-order valence-corrected chi connectivity index (χ4v) is 2.37. The Labute approximate surface area is 97.9 Å². The highest BCUT2D eigenvalue weighted by Gasteiger charge is 2.24. The van der Waals surface area contributed by atoms with E-state index in [0.29, 0.717) is 18.6 Å². The highest BCUT2D eigenvalue weighted by atomic mass is 35.5. The molecule has 1 aliphatic carbocycles. The zero-order valence-electron chi connectivity index (χ0n) is 9.46. The van der Waals surface area contributed by atoms with E-state index >= 15 is 0 Å². The van der Waals surface area contributed by atoms with Crippen molar-refractivity contribution in [3.63, 3.8) is 0 Å². The fraction of sp³-hybridized carbons (Fsp3) is 1.00. The van der Waals surface area contributed by atoms with Gasteiger partial charge in [0.1, 0.15) is 0 Å². The lowest BCUT2D eigenvalue weighted by Crippen LogP contribution is -2.37. The summed E-state index contributed by atoms with van der Waals surface area (Å²) < 4.78 is 5.66. The number of hydrogen-bond donors (Lipinski definition) is 0. The maximum atomic E-state index is 5.66. The van der Waals surface area contributed by atoms with Crippen LogP contribution < -0.4 is 0 Å². The van der Waals surface area contributed by atoms with Gasteiger partial charge >= 0.3 is 0 Å². The molecule has 0 aromatic heterocycles. The van der Waals surface area contributed by atoms with Gasteiger partial charge < -0.3 is 9.64 Å². The topological polar surface area (TPSA) is 12.5 Å². The minimum absolute atomic E-state index is 0.473. The van der Waals surface area contributed by atoms with Crippen LogP contribution >= 0.6 is 11.6 Å². The van der Waals surface area contributed by atoms with Gasteiger partial charge in [-0.15, -0.1) is 11.6 Å². The van der Waals surface area contributed by atoms with Gasteiger partial charge in [-0.05, 0) is 31.7 Å². The van der Waals surface area contributed by atoms with Crippen molar-refractivity contribution in [2.45, 2.75) is 38.2 Å². The Morgan fingerprint density at radius 1 is 1.13 bits per heavy atom. The SMILES string of the molecule is ClCCOC1CCN(CCC2CC2)CC1. The van der Waals surface area contributed by atoms with E-state index in [1.165, 1.54) is 51.7 Å². The number of ether oxygens (including phenoxy) is 1. The molecule has 0 radical (unpaired) electrons. The van der Waals surface area contributed by atoms with Crippen LogP contribution in [0.2, 0.25) is 0 Å². The minimum atomic E-state index is 0.473. The van der Waals surface area contributed by atoms with Gasteiger partial charge in [-0.3, -0.25) is 0 Å². The smallest absolute Gasteiger partial charge is 0.0605 e. The van der Waals surface area contributed by atoms with Gasteiger partial charge in [-0.2, -0.15) is 0 Å². The zero-order valence-corrected chi connectivity index (χ0v) is 10.2. The average Bonchev–Trinajstić information content (AvgIpc) is 3.09. The molecular formula is C12H22ClNO. The summed E-state index contributed by atoms with van der Waals surface area (Å²) in [6.45, 7) is 4.47. The molecule has 1 aliphatic heterocycles. The molecule has 1 saturated heterocycles. The van der Waals surface area contributed by atoms with Gasteiger partial charge in [0.2, 0.25) is 0 Å². The van der Waals surface area contributed by atoms with Gasteiger partial charge in [0, 0.05) is 19.0 Å². The predicted molar refractivity (Wildman–Crippen MR) is 63.5 cm³/mol. The van der Waals surface area contributed by atoms with E-state index in [2.05, 4.69) is 4.90 Å². The molecule has 2 nitrogen and oxygen atoms in total. The first kappa shape index (κ1) is 11.7. The molecule has 2 rings (SSSR count). The molecule has 0 atom stereocenters. The second-order valence-corrected chi connectivity index (χ2v) is 5.21. The number of likely N-dealkylation sites (tertiary alicyclic amines) is 1. The van der Waals surface area contributed by atoms with Crippen molar-refractivity contribution in [1.29, 1.82) is 0 Å². The molecule has 1 saturated carbocycles. The Kier molecular flexibility index (Phi) is 4.73. The minimum Gasteiger partial charge on any atom is -0.377 e. The Morgan fingerprint density at radius 2 is 1.87 bits per heavy atom. The van der Waals surface area contributed by atoms with E-state index < -0.39 is 0 Å². The van der Waals surface area contributed by atoms with Crippen LogP contribution in [0.5, 0.6) is 0 Å². The van der Waals surface area contributed by atoms with Crippen LogP contribution in [0.15, 0.2) is 0 Å². The van der Waals surface area contributed by atoms with Crippen LogP contribution in [0.1, 0.15) is 32.1 Å². The maximum Gasteiger partial charge on any atom is 0.0605 e. The van der Waals surface area contributed by atoms with Crippen LogP contribution in [-0.4, -0.2) is 43.1 Å². The molecule has 1 heterocycles. The number of nitrogens with zero attached hydrogens (tertiary/aromatic N) is 1. The fourth-order valence-electron chi connectivity index (χ4n) is 2.28. The van der Waals surface area contributed by atoms with Crippen LogP contribution in [-0.2, 0) is 4.74 Å². The van der Waals surface area contributed by atoms with Crippen molar-refractivity contribution < 1.29 is 4.74 Å². The molecule has 2 aliphatic rings. The molecule has 0 N–H and O–H groups in total. The van der Waals surface area contributed by atoms with Gasteiger partial charge in [0.05, 0.1) is 12.7 Å². The van der Waals surface area contributed by atoms with E-state index in [4.69, 9.17) is 16.3 Å². The number of piperidine rings is 1. The molecule has 0 spiro atoms. The quantitative estimate of drug-likeness (QED) is 0.652. The average molecular weight is 232 g/mol. The Bertz CT molecular complexity index is 176. The van der Waals surface area contributed by atoms with Crippen molar-refractivity contribution in [1.82, 2.24) is 4.90 Å². The first-order valence-corrected chi connectivity index (χ1v) is 6.82. The van der Waals surface area contributed by atoms with Gasteiger partial charge in [-0.25, -0.2) is 0 Å². The summed E-state index contributed by atoms with van der Waals surface area (Å²) in [7, 11) is 0. The summed E-state index contributed by atoms with van der Waals surface area (Å²) in [4.78, 5) is 2.60. The first-order valence-electron chi connectivity index (χ1n) is 6.28. The molecular weight excluding hydrogens is 210 g/mol. The molecule has 15 heavy (non-hydrogen) atoms. The second-order valence-electron chi connectivity index (χ2n) is 4.83. The van der Waals surface area contributed by atoms with Crippen molar-refractivity contribution in [2.75, 3.05) is 32.1 Å². The summed E-state index contributed by atoms with van der Waals surface area (Å²) >= 11 is 5.61. The molecule has 0 aromatic carbocycles. The lowest BCUT2D eigenvalue weighted by Gasteiger charge is -2.31. The lowest BCUT2D eigenvalue weighted by molar-refractivity contribution is 0.0148. The zero-order chi connectivity index (χ0) is 10.5. The lowest BCUT2D eigenvalue weighted by atomic mass is 10.1. The molecule has 0 aromatic rings. The highest BCUT2D eigenvalue weighted by Crippen LogP contribution is 2.32. The number of rotatable bonds is 6. The van der Waals surface area contributed by atoms with Crippen molar-refractivity contribution >= 4 is 11.6 Å². The summed E-state index contributed by atoms with van der Waals surface area (Å²) in [5.41, 5.74) is 0. The van der Waals surface area contributed by atoms with Crippen LogP contribution in [0.25, 0.3) is 0 Å². The summed E-state index contributed by atoms with van der Waals surface area (Å²) in [5, 5.41) is 0. The van der Waals surface area contributed by atoms with Crippen LogP contribution in [0, 0.1) is 5.92 Å². The van der Waals surface area contributed by atoms with Crippen molar-refractivity contribution in [2.24, 2.45) is 5.92 Å². The number of halogens is 1. The van der Waals surface area contributed by atoms with Crippen molar-refractivity contribution in [3.8, 4) is 0 Å². The predicted octanol–water partition coefficient (Wildman–Crippen LogP) is 2.51. The molecule has 0 amide bonds. The Hall–Kier alpha value is 0.210. The number of alkyl halides is 1. The third-order valence-electron chi connectivity index (χ3n) is 3.52. The van der Waals surface area contributed by atoms with Crippen LogP contribution in [0.3, 0.4) is 0 Å². The first-order chi connectivity index (χ1) is 7.38. The summed E-state index contributed by atoms with van der Waals surface area (Å²) in [6.07, 6.45) is 7.25. The van der Waals surface area contributed by atoms with E-state index in [1.54, 1.807) is 0 Å². The van der Waals surface area contributed by atoms with Gasteiger partial charge in [0.15, 0.2) is 0 Å². The highest BCUT2D eigenvalue weighted by molar-refractivity contribution is 6.17. The third kappa shape index (κ3) is 4.29. The normalized spacial score (nSPS) is 24.6. The third-order valence-corrected chi connectivity index (χ3v) is 3.67. The maximum absolute atomic E-state index is 5.66. The standard InChI is InChI=1S/C12H22ClNO/c13-6-10-15-12-4-8-14(9-5-12)7-3-11-1-2-11/h11-12H,1-10H2. The largest absolute Gasteiger partial charge is 0.377 e. The van der Waals surface area contributed by atoms with E-state index in [-0.39, 0.29) is 0 Å². The van der Waals surface area contributed by atoms with E-state index in [9.17, 15) is 0 Å². The molecule has 3 heteroatoms. The molecule has 0 unspecified atom stereocenters. The molecule has 88 valence electrons. The van der Waals surface area contributed by atoms with E-state index in [0.717, 1.165) is 5.92 Å². The Balaban J connectivity index is 1.54. The summed E-state index contributed by atoms with van der Waals surface area (Å²) in [5.74, 6) is 1.69. The van der Waals surface area contributed by atoms with Crippen molar-refractivity contribution in [3.05, 3.63) is 0 Å². The van der Waals surface area contributed by atoms with Gasteiger partial charge in [0.25, 0.3) is 0 Å². The van der Waals surface area contributed by atoms with Crippen LogP contribution in [0.4, 0.5) is 0 Å². The second kappa shape index (κ2) is 6.07. The van der Waals surface area contributed by atoms with E-state index in [1.807, 2.05) is 0 Å². The van der Waals surface area contributed by atoms with Gasteiger partial charge in [-0.1, -0.05) is 12.8 Å². The molecule has 0 bridgehead atoms. The summed E-state index contributed by atoms with van der Waals surface area (Å²) in [6, 6.07) is 0.